The molecular weight excluding hydrogens is 482 g/mol. The van der Waals surface area contributed by atoms with E-state index in [1.54, 1.807) is 27.7 Å². The Hall–Kier alpha value is -3.89. The summed E-state index contributed by atoms with van der Waals surface area (Å²) in [5, 5.41) is 4.25. The zero-order valence-corrected chi connectivity index (χ0v) is 21.2. The SMILES string of the molecule is Cc1nc(N2CCC(n3cc(F)c4c(Cc5ccc(C(=O)OC(C)(C)C)cc5F)ncnc43)CC2)no1. The van der Waals surface area contributed by atoms with Gasteiger partial charge in [0.15, 0.2) is 5.82 Å². The molecule has 37 heavy (non-hydrogen) atoms. The molecule has 9 nitrogen and oxygen atoms in total. The molecule has 1 saturated heterocycles. The van der Waals surface area contributed by atoms with Crippen LogP contribution in [0.15, 0.2) is 35.2 Å². The van der Waals surface area contributed by atoms with Crippen molar-refractivity contribution in [2.75, 3.05) is 18.0 Å². The number of carbonyl (C=O) groups is 1. The lowest BCUT2D eigenvalue weighted by molar-refractivity contribution is 0.00689. The molecule has 0 aliphatic carbocycles. The lowest BCUT2D eigenvalue weighted by atomic mass is 10.0. The van der Waals surface area contributed by atoms with E-state index in [0.717, 1.165) is 18.9 Å². The fraction of sp³-hybridized carbons (Fsp3) is 0.423. The van der Waals surface area contributed by atoms with Gasteiger partial charge in [-0.15, -0.1) is 0 Å². The van der Waals surface area contributed by atoms with Gasteiger partial charge in [-0.1, -0.05) is 6.07 Å². The number of rotatable bonds is 5. The van der Waals surface area contributed by atoms with E-state index in [1.807, 2.05) is 9.47 Å². The van der Waals surface area contributed by atoms with Crippen LogP contribution in [0.3, 0.4) is 0 Å². The maximum absolute atomic E-state index is 15.2. The Balaban J connectivity index is 1.36. The average molecular weight is 511 g/mol. The molecule has 1 fully saturated rings. The Morgan fingerprint density at radius 2 is 1.92 bits per heavy atom. The Kier molecular flexibility index (Phi) is 6.38. The molecule has 194 valence electrons. The summed E-state index contributed by atoms with van der Waals surface area (Å²) in [5.41, 5.74) is 0.574. The summed E-state index contributed by atoms with van der Waals surface area (Å²) in [7, 11) is 0. The minimum Gasteiger partial charge on any atom is -0.456 e. The molecule has 0 radical (unpaired) electrons. The number of hydrogen-bond acceptors (Lipinski definition) is 8. The van der Waals surface area contributed by atoms with Crippen LogP contribution >= 0.6 is 0 Å². The molecule has 5 rings (SSSR count). The van der Waals surface area contributed by atoms with Crippen LogP contribution in [-0.4, -0.2) is 49.3 Å². The largest absolute Gasteiger partial charge is 0.456 e. The van der Waals surface area contributed by atoms with Crippen molar-refractivity contribution in [3.63, 3.8) is 0 Å². The van der Waals surface area contributed by atoms with Crippen molar-refractivity contribution in [3.8, 4) is 0 Å². The van der Waals surface area contributed by atoms with E-state index in [4.69, 9.17) is 9.26 Å². The summed E-state index contributed by atoms with van der Waals surface area (Å²) >= 11 is 0. The van der Waals surface area contributed by atoms with Crippen molar-refractivity contribution >= 4 is 23.0 Å². The standard InChI is InChI=1S/C26H28F2N6O3/c1-15-31-25(32-37-15)33-9-7-18(8-10-33)34-13-20(28)22-21(29-14-30-23(22)34)12-16-5-6-17(11-19(16)27)24(35)36-26(2,3)4/h5-6,11,13-14,18H,7-10,12H2,1-4H3. The average Bonchev–Trinajstić information content (AvgIpc) is 3.43. The zero-order chi connectivity index (χ0) is 26.3. The highest BCUT2D eigenvalue weighted by molar-refractivity contribution is 5.89. The van der Waals surface area contributed by atoms with E-state index < -0.39 is 23.2 Å². The molecule has 1 aromatic carbocycles. The lowest BCUT2D eigenvalue weighted by Gasteiger charge is -2.31. The molecule has 0 atom stereocenters. The second-order valence-corrected chi connectivity index (χ2v) is 10.2. The Bertz CT molecular complexity index is 1450. The number of halogens is 2. The van der Waals surface area contributed by atoms with Gasteiger partial charge >= 0.3 is 5.97 Å². The summed E-state index contributed by atoms with van der Waals surface area (Å²) in [6.45, 7) is 8.37. The molecular formula is C26H28F2N6O3. The van der Waals surface area contributed by atoms with E-state index in [0.29, 0.717) is 41.8 Å². The summed E-state index contributed by atoms with van der Waals surface area (Å²) < 4.78 is 42.4. The fourth-order valence-electron chi connectivity index (χ4n) is 4.61. The maximum atomic E-state index is 15.2. The molecule has 1 aliphatic heterocycles. The van der Waals surface area contributed by atoms with Gasteiger partial charge in [0.05, 0.1) is 16.6 Å². The molecule has 0 saturated carbocycles. The molecule has 0 spiro atoms. The molecule has 1 aliphatic rings. The lowest BCUT2D eigenvalue weighted by Crippen LogP contribution is -2.35. The Labute approximate surface area is 212 Å². The number of piperidine rings is 1. The molecule has 0 amide bonds. The summed E-state index contributed by atoms with van der Waals surface area (Å²) in [6.07, 6.45) is 4.37. The third-order valence-electron chi connectivity index (χ3n) is 6.34. The van der Waals surface area contributed by atoms with Gasteiger partial charge in [-0.25, -0.2) is 23.5 Å². The van der Waals surface area contributed by atoms with Crippen molar-refractivity contribution in [2.45, 2.75) is 58.6 Å². The molecule has 4 aromatic rings. The monoisotopic (exact) mass is 510 g/mol. The fourth-order valence-corrected chi connectivity index (χ4v) is 4.61. The van der Waals surface area contributed by atoms with Gasteiger partial charge in [-0.3, -0.25) is 0 Å². The second-order valence-electron chi connectivity index (χ2n) is 10.2. The number of fused-ring (bicyclic) bond motifs is 1. The summed E-state index contributed by atoms with van der Waals surface area (Å²) in [5.74, 6) is -0.572. The minimum absolute atomic E-state index is 0.0313. The van der Waals surface area contributed by atoms with Crippen LogP contribution in [-0.2, 0) is 11.2 Å². The molecule has 0 bridgehead atoms. The molecule has 4 heterocycles. The highest BCUT2D eigenvalue weighted by Crippen LogP contribution is 2.31. The number of aryl methyl sites for hydroxylation is 1. The molecule has 3 aromatic heterocycles. The van der Waals surface area contributed by atoms with Crippen LogP contribution in [0.1, 0.15) is 67.2 Å². The highest BCUT2D eigenvalue weighted by atomic mass is 19.1. The van der Waals surface area contributed by atoms with E-state index in [-0.39, 0.29) is 23.4 Å². The zero-order valence-electron chi connectivity index (χ0n) is 21.2. The van der Waals surface area contributed by atoms with Crippen molar-refractivity contribution < 1.29 is 22.8 Å². The third kappa shape index (κ3) is 5.16. The number of carbonyl (C=O) groups excluding carboxylic acids is 1. The van der Waals surface area contributed by atoms with Gasteiger partial charge in [-0.2, -0.15) is 4.98 Å². The number of nitrogens with zero attached hydrogens (tertiary/aromatic N) is 6. The Morgan fingerprint density at radius 3 is 2.57 bits per heavy atom. The number of ether oxygens (including phenoxy) is 1. The van der Waals surface area contributed by atoms with Crippen molar-refractivity contribution in [2.24, 2.45) is 0 Å². The Morgan fingerprint density at radius 1 is 1.16 bits per heavy atom. The smallest absolute Gasteiger partial charge is 0.338 e. The van der Waals surface area contributed by atoms with Gasteiger partial charge in [0.25, 0.3) is 5.95 Å². The number of benzene rings is 1. The predicted octanol–water partition coefficient (Wildman–Crippen LogP) is 4.79. The first kappa shape index (κ1) is 24.8. The van der Waals surface area contributed by atoms with Crippen LogP contribution in [0, 0.1) is 18.6 Å². The van der Waals surface area contributed by atoms with Gasteiger partial charge in [0.2, 0.25) is 5.89 Å². The van der Waals surface area contributed by atoms with Crippen LogP contribution in [0.25, 0.3) is 11.0 Å². The van der Waals surface area contributed by atoms with E-state index in [2.05, 4.69) is 20.1 Å². The third-order valence-corrected chi connectivity index (χ3v) is 6.34. The van der Waals surface area contributed by atoms with Crippen LogP contribution in [0.5, 0.6) is 0 Å². The normalized spacial score (nSPS) is 14.9. The van der Waals surface area contributed by atoms with Gasteiger partial charge in [0.1, 0.15) is 23.4 Å². The summed E-state index contributed by atoms with van der Waals surface area (Å²) in [4.78, 5) is 27.2. The maximum Gasteiger partial charge on any atom is 0.338 e. The van der Waals surface area contributed by atoms with Crippen LogP contribution in [0.2, 0.25) is 0 Å². The highest BCUT2D eigenvalue weighted by Gasteiger charge is 2.27. The number of esters is 1. The second kappa shape index (κ2) is 9.53. The van der Waals surface area contributed by atoms with Crippen molar-refractivity contribution in [3.05, 3.63) is 65.1 Å². The van der Waals surface area contributed by atoms with Gasteiger partial charge < -0.3 is 18.7 Å². The summed E-state index contributed by atoms with van der Waals surface area (Å²) in [6, 6.07) is 4.18. The van der Waals surface area contributed by atoms with Crippen molar-refractivity contribution in [1.29, 1.82) is 0 Å². The number of aromatic nitrogens is 5. The van der Waals surface area contributed by atoms with E-state index >= 15 is 4.39 Å². The first-order valence-corrected chi connectivity index (χ1v) is 12.2. The van der Waals surface area contributed by atoms with Gasteiger partial charge in [0, 0.05) is 38.7 Å². The first-order chi connectivity index (χ1) is 17.6. The topological polar surface area (TPSA) is 99.2 Å². The quantitative estimate of drug-likeness (QED) is 0.354. The number of anilines is 1. The first-order valence-electron chi connectivity index (χ1n) is 12.2. The number of hydrogen-bond donors (Lipinski definition) is 0. The minimum atomic E-state index is -0.688. The van der Waals surface area contributed by atoms with Gasteiger partial charge in [-0.05, 0) is 56.5 Å². The van der Waals surface area contributed by atoms with E-state index in [9.17, 15) is 9.18 Å². The molecule has 0 unspecified atom stereocenters. The predicted molar refractivity (Wildman–Crippen MR) is 131 cm³/mol. The molecule has 0 N–H and O–H groups in total. The molecule has 11 heteroatoms. The van der Waals surface area contributed by atoms with Crippen LogP contribution < -0.4 is 4.90 Å². The van der Waals surface area contributed by atoms with Crippen LogP contribution in [0.4, 0.5) is 14.7 Å². The van der Waals surface area contributed by atoms with Crippen molar-refractivity contribution in [1.82, 2.24) is 24.7 Å². The van der Waals surface area contributed by atoms with E-state index in [1.165, 1.54) is 24.7 Å².